The van der Waals surface area contributed by atoms with Crippen molar-refractivity contribution in [1.29, 1.82) is 0 Å². The van der Waals surface area contributed by atoms with Crippen LogP contribution < -0.4 is 15.4 Å². The van der Waals surface area contributed by atoms with Crippen molar-refractivity contribution in [2.24, 2.45) is 11.7 Å². The van der Waals surface area contributed by atoms with E-state index >= 15 is 0 Å². The molecule has 1 saturated carbocycles. The van der Waals surface area contributed by atoms with Crippen molar-refractivity contribution in [3.8, 4) is 5.75 Å². The fraction of sp³-hybridized carbons (Fsp3) is 0.647. The average Bonchev–Trinajstić information content (AvgIpc) is 3.39. The fourth-order valence-electron chi connectivity index (χ4n) is 3.54. The second kappa shape index (κ2) is 5.85. The Balaban J connectivity index is 1.64. The Labute approximate surface area is 127 Å². The third-order valence-electron chi connectivity index (χ3n) is 5.29. The maximum atomic E-state index is 6.09. The molecule has 2 N–H and O–H groups in total. The van der Waals surface area contributed by atoms with Gasteiger partial charge in [-0.05, 0) is 37.8 Å². The van der Waals surface area contributed by atoms with E-state index in [1.165, 1.54) is 18.5 Å². The zero-order valence-corrected chi connectivity index (χ0v) is 13.2. The first-order valence-electron chi connectivity index (χ1n) is 8.01. The first-order valence-corrected chi connectivity index (χ1v) is 8.01. The predicted molar refractivity (Wildman–Crippen MR) is 87.0 cm³/mol. The lowest BCUT2D eigenvalue weighted by molar-refractivity contribution is 0.0826. The zero-order chi connectivity index (χ0) is 14.9. The molecule has 116 valence electrons. The molecular formula is C17H27N3O. The van der Waals surface area contributed by atoms with Gasteiger partial charge < -0.3 is 15.4 Å². The van der Waals surface area contributed by atoms with Crippen molar-refractivity contribution in [2.45, 2.75) is 25.3 Å². The van der Waals surface area contributed by atoms with E-state index in [4.69, 9.17) is 10.5 Å². The molecule has 1 unspecified atom stereocenters. The van der Waals surface area contributed by atoms with E-state index < -0.39 is 0 Å². The van der Waals surface area contributed by atoms with E-state index in [2.05, 4.69) is 34.9 Å². The molecule has 1 aliphatic heterocycles. The van der Waals surface area contributed by atoms with Crippen molar-refractivity contribution in [3.05, 3.63) is 24.3 Å². The number of nitrogens with zero attached hydrogens (tertiary/aromatic N) is 2. The molecule has 1 aromatic rings. The molecule has 1 aliphatic carbocycles. The summed E-state index contributed by atoms with van der Waals surface area (Å²) in [6.07, 6.45) is 2.70. The van der Waals surface area contributed by atoms with Crippen LogP contribution in [0.3, 0.4) is 0 Å². The van der Waals surface area contributed by atoms with E-state index in [9.17, 15) is 0 Å². The first kappa shape index (κ1) is 14.7. The SMILES string of the molecule is COc1cccc(N2CCN(C(C)(CN)C3CC3)CC2)c1. The third-order valence-corrected chi connectivity index (χ3v) is 5.29. The van der Waals surface area contributed by atoms with E-state index in [0.29, 0.717) is 0 Å². The van der Waals surface area contributed by atoms with Gasteiger partial charge in [-0.25, -0.2) is 0 Å². The number of nitrogens with two attached hydrogens (primary N) is 1. The Morgan fingerprint density at radius 2 is 1.95 bits per heavy atom. The minimum Gasteiger partial charge on any atom is -0.497 e. The number of methoxy groups -OCH3 is 1. The van der Waals surface area contributed by atoms with E-state index in [1.54, 1.807) is 7.11 Å². The molecule has 0 aromatic heterocycles. The summed E-state index contributed by atoms with van der Waals surface area (Å²) in [5.74, 6) is 1.74. The van der Waals surface area contributed by atoms with E-state index in [1.807, 2.05) is 6.07 Å². The van der Waals surface area contributed by atoms with Gasteiger partial charge in [0.15, 0.2) is 0 Å². The van der Waals surface area contributed by atoms with Gasteiger partial charge in [-0.15, -0.1) is 0 Å². The smallest absolute Gasteiger partial charge is 0.120 e. The highest BCUT2D eigenvalue weighted by Crippen LogP contribution is 2.42. The minimum absolute atomic E-state index is 0.209. The molecule has 1 atom stereocenters. The third kappa shape index (κ3) is 2.87. The molecule has 0 bridgehead atoms. The van der Waals surface area contributed by atoms with Gasteiger partial charge in [-0.3, -0.25) is 4.90 Å². The van der Waals surface area contributed by atoms with Crippen LogP contribution in [0, 0.1) is 5.92 Å². The summed E-state index contributed by atoms with van der Waals surface area (Å²) in [6, 6.07) is 8.35. The topological polar surface area (TPSA) is 41.7 Å². The number of anilines is 1. The second-order valence-corrected chi connectivity index (χ2v) is 6.51. The Hall–Kier alpha value is -1.26. The summed E-state index contributed by atoms with van der Waals surface area (Å²) >= 11 is 0. The van der Waals surface area contributed by atoms with Gasteiger partial charge in [-0.2, -0.15) is 0 Å². The van der Waals surface area contributed by atoms with Gasteiger partial charge in [0.25, 0.3) is 0 Å². The molecule has 0 amide bonds. The number of rotatable bonds is 5. The molecule has 0 spiro atoms. The van der Waals surface area contributed by atoms with Gasteiger partial charge in [0.1, 0.15) is 5.75 Å². The fourth-order valence-corrected chi connectivity index (χ4v) is 3.54. The van der Waals surface area contributed by atoms with Crippen molar-refractivity contribution in [1.82, 2.24) is 4.90 Å². The van der Waals surface area contributed by atoms with Crippen LogP contribution in [0.1, 0.15) is 19.8 Å². The lowest BCUT2D eigenvalue weighted by Crippen LogP contribution is -2.60. The summed E-state index contributed by atoms with van der Waals surface area (Å²) in [5.41, 5.74) is 7.56. The number of hydrogen-bond donors (Lipinski definition) is 1. The summed E-state index contributed by atoms with van der Waals surface area (Å²) in [4.78, 5) is 5.06. The maximum absolute atomic E-state index is 6.09. The van der Waals surface area contributed by atoms with Crippen molar-refractivity contribution < 1.29 is 4.74 Å². The monoisotopic (exact) mass is 289 g/mol. The van der Waals surface area contributed by atoms with Crippen molar-refractivity contribution >= 4 is 5.69 Å². The molecule has 2 aliphatic rings. The zero-order valence-electron chi connectivity index (χ0n) is 13.2. The second-order valence-electron chi connectivity index (χ2n) is 6.51. The van der Waals surface area contributed by atoms with Gasteiger partial charge in [0, 0.05) is 50.0 Å². The highest BCUT2D eigenvalue weighted by Gasteiger charge is 2.45. The lowest BCUT2D eigenvalue weighted by Gasteiger charge is -2.46. The quantitative estimate of drug-likeness (QED) is 0.899. The molecule has 4 heteroatoms. The van der Waals surface area contributed by atoms with Crippen LogP contribution in [-0.2, 0) is 0 Å². The molecule has 0 radical (unpaired) electrons. The summed E-state index contributed by atoms with van der Waals surface area (Å²) in [5, 5.41) is 0. The molecule has 4 nitrogen and oxygen atoms in total. The molecule has 21 heavy (non-hydrogen) atoms. The molecule has 1 saturated heterocycles. The van der Waals surface area contributed by atoms with Crippen LogP contribution in [0.25, 0.3) is 0 Å². The highest BCUT2D eigenvalue weighted by molar-refractivity contribution is 5.51. The van der Waals surface area contributed by atoms with Gasteiger partial charge in [0.05, 0.1) is 7.11 Å². The van der Waals surface area contributed by atoms with Crippen LogP contribution >= 0.6 is 0 Å². The standard InChI is InChI=1S/C17H27N3O/c1-17(13-18,14-6-7-14)20-10-8-19(9-11-20)15-4-3-5-16(12-15)21-2/h3-5,12,14H,6-11,13,18H2,1-2H3. The van der Waals surface area contributed by atoms with E-state index in [0.717, 1.165) is 44.4 Å². The summed E-state index contributed by atoms with van der Waals surface area (Å²) in [6.45, 7) is 7.45. The number of benzene rings is 1. The predicted octanol–water partition coefficient (Wildman–Crippen LogP) is 1.94. The van der Waals surface area contributed by atoms with Gasteiger partial charge >= 0.3 is 0 Å². The minimum atomic E-state index is 0.209. The van der Waals surface area contributed by atoms with Crippen LogP contribution in [0.4, 0.5) is 5.69 Å². The van der Waals surface area contributed by atoms with Crippen LogP contribution in [-0.4, -0.2) is 50.3 Å². The van der Waals surface area contributed by atoms with Gasteiger partial charge in [0.2, 0.25) is 0 Å². The summed E-state index contributed by atoms with van der Waals surface area (Å²) < 4.78 is 5.32. The average molecular weight is 289 g/mol. The molecule has 2 fully saturated rings. The lowest BCUT2D eigenvalue weighted by atomic mass is 9.92. The molecule has 3 rings (SSSR count). The Bertz CT molecular complexity index is 481. The van der Waals surface area contributed by atoms with Gasteiger partial charge in [-0.1, -0.05) is 6.07 Å². The Morgan fingerprint density at radius 3 is 2.52 bits per heavy atom. The van der Waals surface area contributed by atoms with Crippen LogP contribution in [0.5, 0.6) is 5.75 Å². The van der Waals surface area contributed by atoms with Crippen molar-refractivity contribution in [2.75, 3.05) is 44.7 Å². The maximum Gasteiger partial charge on any atom is 0.120 e. The van der Waals surface area contributed by atoms with Crippen molar-refractivity contribution in [3.63, 3.8) is 0 Å². The molecule has 1 heterocycles. The summed E-state index contributed by atoms with van der Waals surface area (Å²) in [7, 11) is 1.72. The largest absolute Gasteiger partial charge is 0.497 e. The number of hydrogen-bond acceptors (Lipinski definition) is 4. The Kier molecular flexibility index (Phi) is 4.09. The van der Waals surface area contributed by atoms with E-state index in [-0.39, 0.29) is 5.54 Å². The first-order chi connectivity index (χ1) is 10.2. The number of ether oxygens (including phenoxy) is 1. The number of piperazine rings is 1. The molecular weight excluding hydrogens is 262 g/mol. The Morgan fingerprint density at radius 1 is 1.24 bits per heavy atom. The molecule has 1 aromatic carbocycles. The highest BCUT2D eigenvalue weighted by atomic mass is 16.5. The van der Waals surface area contributed by atoms with Crippen LogP contribution in [0.15, 0.2) is 24.3 Å². The van der Waals surface area contributed by atoms with Crippen LogP contribution in [0.2, 0.25) is 0 Å². The normalized spacial score (nSPS) is 22.9.